The lowest BCUT2D eigenvalue weighted by Gasteiger charge is -2.13. The molecule has 1 heterocycles. The second-order valence-electron chi connectivity index (χ2n) is 3.14. The average Bonchev–Trinajstić information content (AvgIpc) is 2.70. The van der Waals surface area contributed by atoms with Crippen molar-refractivity contribution in [2.75, 3.05) is 7.11 Å². The first-order valence-corrected chi connectivity index (χ1v) is 5.50. The normalized spacial score (nSPS) is 13.4. The summed E-state index contributed by atoms with van der Waals surface area (Å²) in [5, 5.41) is 1.05. The van der Waals surface area contributed by atoms with Crippen LogP contribution in [0.25, 0.3) is 0 Å². The molecule has 7 heteroatoms. The van der Waals surface area contributed by atoms with Crippen molar-refractivity contribution in [3.63, 3.8) is 0 Å². The second kappa shape index (κ2) is 4.30. The third-order valence-electron chi connectivity index (χ3n) is 2.35. The van der Waals surface area contributed by atoms with Crippen molar-refractivity contribution >= 4 is 40.6 Å². The first kappa shape index (κ1) is 11.8. The van der Waals surface area contributed by atoms with Crippen molar-refractivity contribution in [1.82, 2.24) is 5.43 Å². The molecule has 16 heavy (non-hydrogen) atoms. The highest BCUT2D eigenvalue weighted by Gasteiger charge is 2.27. The number of fused-ring (bicyclic) bond motifs is 1. The van der Waals surface area contributed by atoms with Gasteiger partial charge < -0.3 is 10.2 Å². The van der Waals surface area contributed by atoms with Crippen molar-refractivity contribution in [1.29, 1.82) is 0 Å². The van der Waals surface area contributed by atoms with E-state index in [-0.39, 0.29) is 0 Å². The van der Waals surface area contributed by atoms with Gasteiger partial charge in [-0.05, 0) is 0 Å². The van der Waals surface area contributed by atoms with Gasteiger partial charge in [-0.2, -0.15) is 0 Å². The van der Waals surface area contributed by atoms with E-state index >= 15 is 0 Å². The van der Waals surface area contributed by atoms with Crippen LogP contribution in [0.4, 0.5) is 0 Å². The zero-order chi connectivity index (χ0) is 11.9. The van der Waals surface area contributed by atoms with Crippen LogP contribution < -0.4 is 16.0 Å². The molecule has 0 spiro atoms. The summed E-state index contributed by atoms with van der Waals surface area (Å²) >= 11 is 18.3. The fourth-order valence-corrected chi connectivity index (χ4v) is 2.56. The third kappa shape index (κ3) is 1.53. The van der Waals surface area contributed by atoms with Gasteiger partial charge in [-0.3, -0.25) is 4.99 Å². The van der Waals surface area contributed by atoms with Gasteiger partial charge in [0.05, 0.1) is 23.7 Å². The number of nitrogens with two attached hydrogens (primary N) is 1. The highest BCUT2D eigenvalue weighted by molar-refractivity contribution is 6.46. The molecule has 0 atom stereocenters. The smallest absolute Gasteiger partial charge is 0.158 e. The molecule has 4 nitrogen and oxygen atoms in total. The van der Waals surface area contributed by atoms with Crippen LogP contribution in [-0.4, -0.2) is 12.9 Å². The molecular formula is C9H8Cl3N3O. The van der Waals surface area contributed by atoms with Crippen LogP contribution in [-0.2, 0) is 6.54 Å². The molecular weight excluding hydrogens is 272 g/mol. The van der Waals surface area contributed by atoms with E-state index < -0.39 is 0 Å². The highest BCUT2D eigenvalue weighted by atomic mass is 35.5. The Labute approximate surface area is 107 Å². The third-order valence-corrected chi connectivity index (χ3v) is 3.59. The largest absolute Gasteiger partial charge is 0.494 e. The van der Waals surface area contributed by atoms with Gasteiger partial charge in [0.15, 0.2) is 5.75 Å². The fourth-order valence-electron chi connectivity index (χ4n) is 1.61. The zero-order valence-corrected chi connectivity index (χ0v) is 10.5. The molecule has 3 N–H and O–H groups in total. The van der Waals surface area contributed by atoms with E-state index in [1.807, 2.05) is 0 Å². The number of aliphatic imine (C=N–C) groups is 1. The van der Waals surface area contributed by atoms with Gasteiger partial charge in [-0.25, -0.2) is 5.84 Å². The zero-order valence-electron chi connectivity index (χ0n) is 8.27. The van der Waals surface area contributed by atoms with Gasteiger partial charge in [0.25, 0.3) is 0 Å². The van der Waals surface area contributed by atoms with Crippen LogP contribution in [0.5, 0.6) is 5.75 Å². The molecule has 0 aromatic heterocycles. The minimum atomic E-state index is 0.293. The molecule has 0 saturated heterocycles. The van der Waals surface area contributed by atoms with Crippen LogP contribution in [0.1, 0.15) is 11.1 Å². The van der Waals surface area contributed by atoms with E-state index in [0.29, 0.717) is 38.8 Å². The van der Waals surface area contributed by atoms with Crippen LogP contribution in [0.3, 0.4) is 0 Å². The number of halogens is 3. The Morgan fingerprint density at radius 2 is 1.94 bits per heavy atom. The molecule has 0 unspecified atom stereocenters. The van der Waals surface area contributed by atoms with Crippen molar-refractivity contribution in [2.24, 2.45) is 10.8 Å². The summed E-state index contributed by atoms with van der Waals surface area (Å²) < 4.78 is 5.10. The second-order valence-corrected chi connectivity index (χ2v) is 4.27. The monoisotopic (exact) mass is 279 g/mol. The topological polar surface area (TPSA) is 59.6 Å². The quantitative estimate of drug-likeness (QED) is 0.472. The molecule has 1 aliphatic heterocycles. The Morgan fingerprint density at radius 1 is 1.25 bits per heavy atom. The number of hydrazine groups is 1. The van der Waals surface area contributed by atoms with Crippen LogP contribution in [0.2, 0.25) is 15.1 Å². The lowest BCUT2D eigenvalue weighted by Crippen LogP contribution is -2.30. The first-order chi connectivity index (χ1) is 7.61. The highest BCUT2D eigenvalue weighted by Crippen LogP contribution is 2.45. The van der Waals surface area contributed by atoms with Gasteiger partial charge >= 0.3 is 0 Å². The molecule has 0 amide bonds. The molecule has 0 fully saturated rings. The van der Waals surface area contributed by atoms with Gasteiger partial charge in [-0.1, -0.05) is 34.8 Å². The van der Waals surface area contributed by atoms with E-state index in [2.05, 4.69) is 10.4 Å². The summed E-state index contributed by atoms with van der Waals surface area (Å²) in [6, 6.07) is 0. The number of methoxy groups -OCH3 is 1. The maximum atomic E-state index is 6.16. The van der Waals surface area contributed by atoms with Crippen molar-refractivity contribution in [3.8, 4) is 5.75 Å². The number of ether oxygens (including phenoxy) is 1. The Balaban J connectivity index is 2.74. The number of benzene rings is 1. The SMILES string of the molecule is COc1c(Cl)c(Cl)c2c(c1Cl)C(NN)=NC2. The van der Waals surface area contributed by atoms with Crippen LogP contribution >= 0.6 is 34.8 Å². The predicted octanol–water partition coefficient (Wildman–Crippen LogP) is 2.38. The molecule has 0 aliphatic carbocycles. The molecule has 1 aromatic rings. The Kier molecular flexibility index (Phi) is 3.17. The lowest BCUT2D eigenvalue weighted by atomic mass is 10.1. The number of rotatable bonds is 1. The van der Waals surface area contributed by atoms with E-state index in [4.69, 9.17) is 45.4 Å². The number of nitrogens with one attached hydrogen (secondary N) is 1. The molecule has 2 rings (SSSR count). The summed E-state index contributed by atoms with van der Waals surface area (Å²) in [5.74, 6) is 6.15. The standard InChI is InChI=1S/C9H8Cl3N3O/c1-16-8-6(11)4-3(5(10)7(8)12)2-14-9(4)15-13/h2,13H2,1H3,(H,14,15). The van der Waals surface area contributed by atoms with E-state index in [1.54, 1.807) is 0 Å². The lowest BCUT2D eigenvalue weighted by molar-refractivity contribution is 0.415. The molecule has 0 saturated carbocycles. The van der Waals surface area contributed by atoms with Gasteiger partial charge in [0, 0.05) is 11.1 Å². The maximum absolute atomic E-state index is 6.16. The minimum absolute atomic E-state index is 0.293. The first-order valence-electron chi connectivity index (χ1n) is 4.36. The summed E-state index contributed by atoms with van der Waals surface area (Å²) in [7, 11) is 1.47. The molecule has 0 bridgehead atoms. The number of nitrogens with zero attached hydrogens (tertiary/aromatic N) is 1. The summed E-state index contributed by atoms with van der Waals surface area (Å²) in [4.78, 5) is 4.16. The van der Waals surface area contributed by atoms with E-state index in [0.717, 1.165) is 5.56 Å². The van der Waals surface area contributed by atoms with Gasteiger partial charge in [0.1, 0.15) is 10.9 Å². The van der Waals surface area contributed by atoms with Crippen molar-refractivity contribution < 1.29 is 4.74 Å². The van der Waals surface area contributed by atoms with Crippen molar-refractivity contribution in [3.05, 3.63) is 26.2 Å². The summed E-state index contributed by atoms with van der Waals surface area (Å²) in [6.07, 6.45) is 0. The molecule has 1 aliphatic rings. The number of amidine groups is 1. The van der Waals surface area contributed by atoms with E-state index in [1.165, 1.54) is 7.11 Å². The van der Waals surface area contributed by atoms with Crippen LogP contribution in [0, 0.1) is 0 Å². The van der Waals surface area contributed by atoms with Gasteiger partial charge in [0.2, 0.25) is 0 Å². The van der Waals surface area contributed by atoms with Crippen molar-refractivity contribution in [2.45, 2.75) is 6.54 Å². The minimum Gasteiger partial charge on any atom is -0.494 e. The maximum Gasteiger partial charge on any atom is 0.158 e. The molecule has 1 aromatic carbocycles. The number of hydrogen-bond acceptors (Lipinski definition) is 4. The van der Waals surface area contributed by atoms with Gasteiger partial charge in [-0.15, -0.1) is 0 Å². The summed E-state index contributed by atoms with van der Waals surface area (Å²) in [6.45, 7) is 0.400. The molecule has 86 valence electrons. The van der Waals surface area contributed by atoms with E-state index in [9.17, 15) is 0 Å². The fraction of sp³-hybridized carbons (Fsp3) is 0.222. The van der Waals surface area contributed by atoms with Crippen LogP contribution in [0.15, 0.2) is 4.99 Å². The Bertz CT molecular complexity index is 488. The Hall–Kier alpha value is -0.680. The summed E-state index contributed by atoms with van der Waals surface area (Å²) in [5.41, 5.74) is 3.87. The molecule has 0 radical (unpaired) electrons. The Morgan fingerprint density at radius 3 is 2.50 bits per heavy atom. The predicted molar refractivity (Wildman–Crippen MR) is 65.6 cm³/mol. The average molecular weight is 281 g/mol. The number of hydrogen-bond donors (Lipinski definition) is 2.